The monoisotopic (exact) mass is 307 g/mol. The summed E-state index contributed by atoms with van der Waals surface area (Å²) in [5.41, 5.74) is 3.36. The van der Waals surface area contributed by atoms with E-state index in [2.05, 4.69) is 0 Å². The van der Waals surface area contributed by atoms with Gasteiger partial charge in [-0.2, -0.15) is 0 Å². The van der Waals surface area contributed by atoms with Gasteiger partial charge >= 0.3 is 5.97 Å². The van der Waals surface area contributed by atoms with Gasteiger partial charge in [-0.15, -0.1) is 0 Å². The van der Waals surface area contributed by atoms with Crippen LogP contribution in [0.3, 0.4) is 0 Å². The number of hydrogen-bond acceptors (Lipinski definition) is 2. The fourth-order valence-electron chi connectivity index (χ4n) is 3.03. The van der Waals surface area contributed by atoms with Crippen LogP contribution in [0.2, 0.25) is 0 Å². The summed E-state index contributed by atoms with van der Waals surface area (Å²) < 4.78 is 1.69. The molecule has 0 saturated heterocycles. The lowest BCUT2D eigenvalue weighted by molar-refractivity contribution is 0.0695. The second-order valence-electron chi connectivity index (χ2n) is 5.67. The molecule has 4 nitrogen and oxygen atoms in total. The Balaban J connectivity index is 2.28. The van der Waals surface area contributed by atoms with Crippen molar-refractivity contribution in [2.45, 2.75) is 20.4 Å². The molecule has 0 fully saturated rings. The molecule has 2 aromatic carbocycles. The van der Waals surface area contributed by atoms with Gasteiger partial charge in [-0.25, -0.2) is 4.79 Å². The summed E-state index contributed by atoms with van der Waals surface area (Å²) >= 11 is 0. The summed E-state index contributed by atoms with van der Waals surface area (Å²) in [6.07, 6.45) is 0. The van der Waals surface area contributed by atoms with E-state index in [0.717, 1.165) is 16.5 Å². The normalized spacial score (nSPS) is 10.9. The molecule has 0 unspecified atom stereocenters. The molecule has 1 N–H and O–H groups in total. The maximum Gasteiger partial charge on any atom is 0.336 e. The molecule has 0 bridgehead atoms. The molecule has 1 heterocycles. The molecular weight excluding hydrogens is 290 g/mol. The first-order valence-corrected chi connectivity index (χ1v) is 7.40. The predicted octanol–water partition coefficient (Wildman–Crippen LogP) is 3.36. The average molecular weight is 307 g/mol. The van der Waals surface area contributed by atoms with Gasteiger partial charge in [0.2, 0.25) is 0 Å². The number of benzene rings is 2. The van der Waals surface area contributed by atoms with Crippen LogP contribution in [-0.4, -0.2) is 15.6 Å². The van der Waals surface area contributed by atoms with Crippen LogP contribution in [0.15, 0.2) is 53.3 Å². The Kier molecular flexibility index (Phi) is 3.74. The molecule has 0 aliphatic rings. The van der Waals surface area contributed by atoms with E-state index in [4.69, 9.17) is 0 Å². The highest BCUT2D eigenvalue weighted by atomic mass is 16.4. The van der Waals surface area contributed by atoms with E-state index >= 15 is 0 Å². The van der Waals surface area contributed by atoms with Crippen LogP contribution in [0.1, 0.15) is 27.0 Å². The number of fused-ring (bicyclic) bond motifs is 1. The van der Waals surface area contributed by atoms with Crippen LogP contribution in [-0.2, 0) is 6.54 Å². The maximum absolute atomic E-state index is 12.3. The molecule has 0 amide bonds. The molecule has 23 heavy (non-hydrogen) atoms. The van der Waals surface area contributed by atoms with Crippen LogP contribution in [0.25, 0.3) is 10.9 Å². The van der Waals surface area contributed by atoms with Crippen LogP contribution in [0.5, 0.6) is 0 Å². The highest BCUT2D eigenvalue weighted by Crippen LogP contribution is 2.25. The third-order valence-corrected chi connectivity index (χ3v) is 4.15. The Bertz CT molecular complexity index is 956. The number of pyridine rings is 1. The SMILES string of the molecule is Cc1cc2c(ccc(=O)n2Cc2ccccc2)c(C)c1C(=O)O. The maximum atomic E-state index is 12.3. The zero-order valence-electron chi connectivity index (χ0n) is 13.0. The zero-order valence-corrected chi connectivity index (χ0v) is 13.0. The number of carbonyl (C=O) groups is 1. The van der Waals surface area contributed by atoms with Gasteiger partial charge in [-0.05, 0) is 42.7 Å². The highest BCUT2D eigenvalue weighted by molar-refractivity contribution is 5.98. The van der Waals surface area contributed by atoms with Crippen molar-refractivity contribution < 1.29 is 9.90 Å². The summed E-state index contributed by atoms with van der Waals surface area (Å²) in [5.74, 6) is -0.942. The number of carboxylic acid groups (broad SMARTS) is 1. The minimum atomic E-state index is -0.942. The topological polar surface area (TPSA) is 59.3 Å². The number of rotatable bonds is 3. The van der Waals surface area contributed by atoms with E-state index in [0.29, 0.717) is 23.2 Å². The van der Waals surface area contributed by atoms with Gasteiger partial charge in [0, 0.05) is 11.5 Å². The molecule has 4 heteroatoms. The smallest absolute Gasteiger partial charge is 0.336 e. The van der Waals surface area contributed by atoms with Crippen molar-refractivity contribution >= 4 is 16.9 Å². The summed E-state index contributed by atoms with van der Waals surface area (Å²) in [5, 5.41) is 10.2. The van der Waals surface area contributed by atoms with Gasteiger partial charge in [0.1, 0.15) is 0 Å². The summed E-state index contributed by atoms with van der Waals surface area (Å²) in [4.78, 5) is 23.8. The summed E-state index contributed by atoms with van der Waals surface area (Å²) in [7, 11) is 0. The van der Waals surface area contributed by atoms with Crippen molar-refractivity contribution in [3.8, 4) is 0 Å². The van der Waals surface area contributed by atoms with E-state index in [9.17, 15) is 14.7 Å². The third kappa shape index (κ3) is 2.63. The second kappa shape index (κ2) is 5.72. The Morgan fingerprint density at radius 2 is 1.78 bits per heavy atom. The second-order valence-corrected chi connectivity index (χ2v) is 5.67. The Morgan fingerprint density at radius 1 is 1.09 bits per heavy atom. The van der Waals surface area contributed by atoms with E-state index in [-0.39, 0.29) is 5.56 Å². The van der Waals surface area contributed by atoms with Crippen LogP contribution in [0, 0.1) is 13.8 Å². The van der Waals surface area contributed by atoms with Crippen molar-refractivity contribution in [3.05, 3.63) is 81.1 Å². The number of aromatic nitrogens is 1. The number of aromatic carboxylic acids is 1. The largest absolute Gasteiger partial charge is 0.478 e. The summed E-state index contributed by atoms with van der Waals surface area (Å²) in [6, 6.07) is 14.7. The van der Waals surface area contributed by atoms with Crippen molar-refractivity contribution in [1.29, 1.82) is 0 Å². The highest BCUT2D eigenvalue weighted by Gasteiger charge is 2.16. The third-order valence-electron chi connectivity index (χ3n) is 4.15. The van der Waals surface area contributed by atoms with E-state index in [1.807, 2.05) is 30.3 Å². The molecule has 3 aromatic rings. The Hall–Kier alpha value is -2.88. The fraction of sp³-hybridized carbons (Fsp3) is 0.158. The fourth-order valence-corrected chi connectivity index (χ4v) is 3.03. The minimum absolute atomic E-state index is 0.0942. The number of aryl methyl sites for hydroxylation is 2. The van der Waals surface area contributed by atoms with Crippen LogP contribution in [0.4, 0.5) is 0 Å². The molecule has 116 valence electrons. The van der Waals surface area contributed by atoms with Gasteiger partial charge in [-0.1, -0.05) is 30.3 Å². The van der Waals surface area contributed by atoms with Gasteiger partial charge in [0.15, 0.2) is 0 Å². The Morgan fingerprint density at radius 3 is 2.43 bits per heavy atom. The van der Waals surface area contributed by atoms with Gasteiger partial charge in [0.05, 0.1) is 17.6 Å². The van der Waals surface area contributed by atoms with Gasteiger partial charge in [0.25, 0.3) is 5.56 Å². The first-order chi connectivity index (χ1) is 11.0. The van der Waals surface area contributed by atoms with Crippen LogP contribution < -0.4 is 5.56 Å². The first-order valence-electron chi connectivity index (χ1n) is 7.40. The molecular formula is C19H17NO3. The molecule has 0 saturated carbocycles. The molecule has 1 aromatic heterocycles. The minimum Gasteiger partial charge on any atom is -0.478 e. The molecule has 0 atom stereocenters. The lowest BCUT2D eigenvalue weighted by Gasteiger charge is -2.15. The van der Waals surface area contributed by atoms with Crippen molar-refractivity contribution in [3.63, 3.8) is 0 Å². The van der Waals surface area contributed by atoms with Crippen molar-refractivity contribution in [2.75, 3.05) is 0 Å². The molecule has 0 spiro atoms. The quantitative estimate of drug-likeness (QED) is 0.807. The number of carboxylic acids is 1. The van der Waals surface area contributed by atoms with Gasteiger partial charge in [-0.3, -0.25) is 4.79 Å². The lowest BCUT2D eigenvalue weighted by Crippen LogP contribution is -2.20. The Labute approximate surface area is 133 Å². The predicted molar refractivity (Wildman–Crippen MR) is 90.2 cm³/mol. The molecule has 0 aliphatic heterocycles. The van der Waals surface area contributed by atoms with Crippen molar-refractivity contribution in [1.82, 2.24) is 4.57 Å². The zero-order chi connectivity index (χ0) is 16.6. The number of nitrogens with zero attached hydrogens (tertiary/aromatic N) is 1. The van der Waals surface area contributed by atoms with E-state index in [1.165, 1.54) is 6.07 Å². The van der Waals surface area contributed by atoms with E-state index in [1.54, 1.807) is 30.5 Å². The lowest BCUT2D eigenvalue weighted by atomic mass is 9.98. The van der Waals surface area contributed by atoms with E-state index < -0.39 is 5.97 Å². The van der Waals surface area contributed by atoms with Crippen molar-refractivity contribution in [2.24, 2.45) is 0 Å². The number of hydrogen-bond donors (Lipinski definition) is 1. The molecule has 0 aliphatic carbocycles. The first kappa shape index (κ1) is 15.0. The van der Waals surface area contributed by atoms with Crippen LogP contribution >= 0.6 is 0 Å². The molecule has 0 radical (unpaired) electrons. The molecule has 3 rings (SSSR count). The standard InChI is InChI=1S/C19H17NO3/c1-12-10-16-15(13(2)18(12)19(22)23)8-9-17(21)20(16)11-14-6-4-3-5-7-14/h3-10H,11H2,1-2H3,(H,22,23). The summed E-state index contributed by atoms with van der Waals surface area (Å²) in [6.45, 7) is 4.01. The van der Waals surface area contributed by atoms with Gasteiger partial charge < -0.3 is 9.67 Å². The average Bonchev–Trinajstić information content (AvgIpc) is 2.51.